The van der Waals surface area contributed by atoms with Crippen LogP contribution in [0.5, 0.6) is 5.75 Å². The number of nitrogens with zero attached hydrogens (tertiary/aromatic N) is 2. The maximum atomic E-state index is 12.6. The Hall–Kier alpha value is -2.82. The first-order valence-electron chi connectivity index (χ1n) is 9.84. The van der Waals surface area contributed by atoms with Gasteiger partial charge in [-0.15, -0.1) is 0 Å². The number of piperidine rings is 1. The predicted octanol–water partition coefficient (Wildman–Crippen LogP) is 4.13. The number of hydrogen-bond acceptors (Lipinski definition) is 3. The summed E-state index contributed by atoms with van der Waals surface area (Å²) in [5.74, 6) is 0.512. The molecule has 0 aliphatic carbocycles. The van der Waals surface area contributed by atoms with Crippen molar-refractivity contribution in [2.75, 3.05) is 18.6 Å². The lowest BCUT2D eigenvalue weighted by molar-refractivity contribution is -0.139. The van der Waals surface area contributed by atoms with Crippen LogP contribution in [-0.2, 0) is 4.79 Å². The van der Waals surface area contributed by atoms with Gasteiger partial charge in [-0.25, -0.2) is 0 Å². The van der Waals surface area contributed by atoms with E-state index >= 15 is 0 Å². The first kappa shape index (κ1) is 19.9. The summed E-state index contributed by atoms with van der Waals surface area (Å²) in [5.41, 5.74) is 1.41. The molecular weight excluding hydrogens is 352 g/mol. The van der Waals surface area contributed by atoms with Crippen molar-refractivity contribution in [1.29, 1.82) is 0 Å². The van der Waals surface area contributed by atoms with Gasteiger partial charge in [-0.1, -0.05) is 18.2 Å². The van der Waals surface area contributed by atoms with Crippen molar-refractivity contribution in [1.82, 2.24) is 4.90 Å². The van der Waals surface area contributed by atoms with Crippen molar-refractivity contribution >= 4 is 17.5 Å². The lowest BCUT2D eigenvalue weighted by atomic mass is 9.97. The van der Waals surface area contributed by atoms with Crippen LogP contribution in [0.25, 0.3) is 0 Å². The number of likely N-dealkylation sites (tertiary alicyclic amines) is 1. The molecule has 148 valence electrons. The van der Waals surface area contributed by atoms with Crippen LogP contribution in [-0.4, -0.2) is 42.5 Å². The van der Waals surface area contributed by atoms with Gasteiger partial charge >= 0.3 is 0 Å². The summed E-state index contributed by atoms with van der Waals surface area (Å²) in [4.78, 5) is 28.7. The number of carbonyl (C=O) groups is 2. The van der Waals surface area contributed by atoms with Crippen LogP contribution in [0.4, 0.5) is 5.69 Å². The number of para-hydroxylation sites is 1. The Bertz CT molecular complexity index is 794. The minimum absolute atomic E-state index is 0.0173. The van der Waals surface area contributed by atoms with Gasteiger partial charge in [0, 0.05) is 30.4 Å². The Morgan fingerprint density at radius 1 is 1.00 bits per heavy atom. The summed E-state index contributed by atoms with van der Waals surface area (Å²) in [6, 6.07) is 17.0. The van der Waals surface area contributed by atoms with E-state index in [1.54, 1.807) is 36.2 Å². The second kappa shape index (κ2) is 8.91. The molecule has 2 amide bonds. The number of rotatable bonds is 5. The second-order valence-corrected chi connectivity index (χ2v) is 7.44. The molecule has 0 N–H and O–H groups in total. The van der Waals surface area contributed by atoms with E-state index < -0.39 is 0 Å². The molecule has 1 saturated heterocycles. The SMILES string of the molecule is CC1CCCC(C)N1C(=O)COc1ccc(C(=O)N(C)c2ccccc2)cc1. The Balaban J connectivity index is 1.58. The third-order valence-electron chi connectivity index (χ3n) is 5.39. The normalized spacial score (nSPS) is 19.2. The third kappa shape index (κ3) is 4.53. The maximum absolute atomic E-state index is 12.6. The maximum Gasteiger partial charge on any atom is 0.260 e. The molecular formula is C23H28N2O3. The van der Waals surface area contributed by atoms with Gasteiger partial charge in [0.2, 0.25) is 0 Å². The Labute approximate surface area is 166 Å². The fourth-order valence-electron chi connectivity index (χ4n) is 3.79. The largest absolute Gasteiger partial charge is 0.484 e. The average molecular weight is 380 g/mol. The van der Waals surface area contributed by atoms with Crippen molar-refractivity contribution in [3.8, 4) is 5.75 Å². The fourth-order valence-corrected chi connectivity index (χ4v) is 3.79. The van der Waals surface area contributed by atoms with Crippen molar-refractivity contribution in [2.24, 2.45) is 0 Å². The summed E-state index contributed by atoms with van der Waals surface area (Å²) in [7, 11) is 1.75. The topological polar surface area (TPSA) is 49.9 Å². The number of carbonyl (C=O) groups excluding carboxylic acids is 2. The van der Waals surface area contributed by atoms with E-state index in [0.717, 1.165) is 18.5 Å². The zero-order chi connectivity index (χ0) is 20.1. The smallest absolute Gasteiger partial charge is 0.260 e. The van der Waals surface area contributed by atoms with Crippen molar-refractivity contribution < 1.29 is 14.3 Å². The lowest BCUT2D eigenvalue weighted by Gasteiger charge is -2.38. The summed E-state index contributed by atoms with van der Waals surface area (Å²) in [6.45, 7) is 4.21. The second-order valence-electron chi connectivity index (χ2n) is 7.44. The fraction of sp³-hybridized carbons (Fsp3) is 0.391. The number of amides is 2. The van der Waals surface area contributed by atoms with E-state index in [2.05, 4.69) is 13.8 Å². The van der Waals surface area contributed by atoms with Gasteiger partial charge in [-0.2, -0.15) is 0 Å². The van der Waals surface area contributed by atoms with Crippen LogP contribution in [0.1, 0.15) is 43.5 Å². The Kier molecular flexibility index (Phi) is 6.34. The monoisotopic (exact) mass is 380 g/mol. The van der Waals surface area contributed by atoms with Gasteiger partial charge in [-0.3, -0.25) is 9.59 Å². The van der Waals surface area contributed by atoms with Gasteiger partial charge in [-0.05, 0) is 69.5 Å². The van der Waals surface area contributed by atoms with Crippen LogP contribution in [0.2, 0.25) is 0 Å². The van der Waals surface area contributed by atoms with E-state index in [4.69, 9.17) is 4.74 Å². The summed E-state index contributed by atoms with van der Waals surface area (Å²) < 4.78 is 5.68. The molecule has 1 aliphatic heterocycles. The van der Waals surface area contributed by atoms with Crippen molar-refractivity contribution in [2.45, 2.75) is 45.2 Å². The van der Waals surface area contributed by atoms with E-state index in [1.165, 1.54) is 6.42 Å². The molecule has 28 heavy (non-hydrogen) atoms. The molecule has 0 bridgehead atoms. The molecule has 1 aliphatic rings. The first-order valence-corrected chi connectivity index (χ1v) is 9.84. The highest BCUT2D eigenvalue weighted by molar-refractivity contribution is 6.05. The van der Waals surface area contributed by atoms with Crippen LogP contribution in [0.3, 0.4) is 0 Å². The molecule has 0 spiro atoms. The molecule has 0 saturated carbocycles. The average Bonchev–Trinajstić information content (AvgIpc) is 2.72. The number of ether oxygens (including phenoxy) is 1. The van der Waals surface area contributed by atoms with Gasteiger partial charge in [0.1, 0.15) is 5.75 Å². The third-order valence-corrected chi connectivity index (χ3v) is 5.39. The Morgan fingerprint density at radius 3 is 2.21 bits per heavy atom. The quantitative estimate of drug-likeness (QED) is 0.784. The van der Waals surface area contributed by atoms with Crippen molar-refractivity contribution in [3.05, 3.63) is 60.2 Å². The van der Waals surface area contributed by atoms with Gasteiger partial charge in [0.05, 0.1) is 0 Å². The van der Waals surface area contributed by atoms with Crippen LogP contribution >= 0.6 is 0 Å². The molecule has 1 fully saturated rings. The van der Waals surface area contributed by atoms with Gasteiger partial charge in [0.25, 0.3) is 11.8 Å². The molecule has 0 aromatic heterocycles. The minimum Gasteiger partial charge on any atom is -0.484 e. The lowest BCUT2D eigenvalue weighted by Crippen LogP contribution is -2.49. The summed E-state index contributed by atoms with van der Waals surface area (Å²) >= 11 is 0. The molecule has 0 radical (unpaired) electrons. The molecule has 2 unspecified atom stereocenters. The zero-order valence-electron chi connectivity index (χ0n) is 16.8. The van der Waals surface area contributed by atoms with Gasteiger partial charge < -0.3 is 14.5 Å². The van der Waals surface area contributed by atoms with Crippen LogP contribution < -0.4 is 9.64 Å². The highest BCUT2D eigenvalue weighted by atomic mass is 16.5. The Morgan fingerprint density at radius 2 is 1.61 bits per heavy atom. The molecule has 2 aromatic carbocycles. The van der Waals surface area contributed by atoms with E-state index in [9.17, 15) is 9.59 Å². The van der Waals surface area contributed by atoms with Crippen LogP contribution in [0.15, 0.2) is 54.6 Å². The van der Waals surface area contributed by atoms with E-state index in [1.807, 2.05) is 35.2 Å². The molecule has 3 rings (SSSR count). The summed E-state index contributed by atoms with van der Waals surface area (Å²) in [5, 5.41) is 0. The number of hydrogen-bond donors (Lipinski definition) is 0. The highest BCUT2D eigenvalue weighted by Gasteiger charge is 2.29. The summed E-state index contributed by atoms with van der Waals surface area (Å²) in [6.07, 6.45) is 3.25. The molecule has 5 nitrogen and oxygen atoms in total. The molecule has 2 aromatic rings. The number of anilines is 1. The molecule has 5 heteroatoms. The van der Waals surface area contributed by atoms with Crippen LogP contribution in [0, 0.1) is 0 Å². The standard InChI is InChI=1S/C23H28N2O3/c1-17-8-7-9-18(2)25(17)22(26)16-28-21-14-12-19(13-15-21)23(27)24(3)20-10-5-4-6-11-20/h4-6,10-15,17-18H,7-9,16H2,1-3H3. The minimum atomic E-state index is -0.0928. The van der Waals surface area contributed by atoms with E-state index in [0.29, 0.717) is 11.3 Å². The van der Waals surface area contributed by atoms with Crippen molar-refractivity contribution in [3.63, 3.8) is 0 Å². The first-order chi connectivity index (χ1) is 13.5. The molecule has 2 atom stereocenters. The van der Waals surface area contributed by atoms with E-state index in [-0.39, 0.29) is 30.5 Å². The predicted molar refractivity (Wildman–Crippen MR) is 111 cm³/mol. The zero-order valence-corrected chi connectivity index (χ0v) is 16.8. The number of benzene rings is 2. The highest BCUT2D eigenvalue weighted by Crippen LogP contribution is 2.23. The van der Waals surface area contributed by atoms with Gasteiger partial charge in [0.15, 0.2) is 6.61 Å². The molecule has 1 heterocycles.